The summed E-state index contributed by atoms with van der Waals surface area (Å²) in [7, 11) is -0.594. The van der Waals surface area contributed by atoms with Crippen LogP contribution in [0.25, 0.3) is 21.8 Å². The first-order chi connectivity index (χ1) is 15.9. The molecule has 172 valence electrons. The third-order valence-electron chi connectivity index (χ3n) is 5.65. The number of hydrogen-bond acceptors (Lipinski definition) is 8. The van der Waals surface area contributed by atoms with Gasteiger partial charge in [-0.05, 0) is 39.3 Å². The number of benzene rings is 2. The van der Waals surface area contributed by atoms with Crippen LogP contribution >= 0.6 is 0 Å². The molecule has 9 nitrogen and oxygen atoms in total. The Bertz CT molecular complexity index is 1480. The number of methoxy groups -OCH3 is 1. The molecule has 4 aromatic rings. The van der Waals surface area contributed by atoms with Gasteiger partial charge in [0, 0.05) is 33.9 Å². The topological polar surface area (TPSA) is 114 Å². The Morgan fingerprint density at radius 3 is 2.73 bits per heavy atom. The largest absolute Gasteiger partial charge is 0.494 e. The van der Waals surface area contributed by atoms with Gasteiger partial charge >= 0.3 is 0 Å². The summed E-state index contributed by atoms with van der Waals surface area (Å²) in [6.45, 7) is 5.90. The summed E-state index contributed by atoms with van der Waals surface area (Å²) in [6.07, 6.45) is 4.20. The van der Waals surface area contributed by atoms with E-state index in [0.29, 0.717) is 40.0 Å². The van der Waals surface area contributed by atoms with Crippen LogP contribution < -0.4 is 14.8 Å². The van der Waals surface area contributed by atoms with Crippen LogP contribution in [0.2, 0.25) is 0 Å². The highest BCUT2D eigenvalue weighted by Gasteiger charge is 2.22. The van der Waals surface area contributed by atoms with Gasteiger partial charge in [0.1, 0.15) is 29.3 Å². The van der Waals surface area contributed by atoms with Crippen LogP contribution in [0.15, 0.2) is 35.1 Å². The van der Waals surface area contributed by atoms with Gasteiger partial charge in [-0.1, -0.05) is 0 Å². The molecule has 0 saturated carbocycles. The molecule has 1 aliphatic heterocycles. The van der Waals surface area contributed by atoms with E-state index in [4.69, 9.17) is 9.47 Å². The van der Waals surface area contributed by atoms with E-state index in [-0.39, 0.29) is 6.10 Å². The molecule has 0 radical (unpaired) electrons. The SMILES string of the molecule is COc1c(N=S2(=O)CCC2)cc2ncnc(Nc3cc4cn[nH]c4cc3OC(C)C)c2c1C. The van der Waals surface area contributed by atoms with Crippen LogP contribution in [0, 0.1) is 6.92 Å². The van der Waals surface area contributed by atoms with Crippen LogP contribution in [0.5, 0.6) is 11.5 Å². The molecule has 1 saturated heterocycles. The van der Waals surface area contributed by atoms with Crippen molar-refractivity contribution in [3.8, 4) is 11.5 Å². The normalized spacial score (nSPS) is 14.9. The third kappa shape index (κ3) is 3.95. The quantitative estimate of drug-likeness (QED) is 0.417. The van der Waals surface area contributed by atoms with Crippen molar-refractivity contribution >= 4 is 48.7 Å². The van der Waals surface area contributed by atoms with E-state index in [9.17, 15) is 4.21 Å². The minimum absolute atomic E-state index is 0.00696. The van der Waals surface area contributed by atoms with Crippen molar-refractivity contribution in [3.63, 3.8) is 0 Å². The molecule has 0 spiro atoms. The molecule has 3 heterocycles. The number of ether oxygens (including phenoxy) is 2. The van der Waals surface area contributed by atoms with E-state index in [0.717, 1.165) is 34.0 Å². The molecule has 0 aliphatic carbocycles. The lowest BCUT2D eigenvalue weighted by molar-refractivity contribution is 0.244. The number of fused-ring (bicyclic) bond motifs is 2. The number of anilines is 2. The maximum atomic E-state index is 12.8. The fourth-order valence-electron chi connectivity index (χ4n) is 4.01. The van der Waals surface area contributed by atoms with Crippen LogP contribution in [-0.2, 0) is 9.73 Å². The Hall–Kier alpha value is -3.40. The lowest BCUT2D eigenvalue weighted by Crippen LogP contribution is -2.23. The monoisotopic (exact) mass is 466 g/mol. The molecule has 2 aromatic heterocycles. The van der Waals surface area contributed by atoms with Crippen molar-refractivity contribution in [1.29, 1.82) is 0 Å². The molecule has 2 aromatic carbocycles. The number of rotatable bonds is 6. The molecule has 1 fully saturated rings. The molecular formula is C23H26N6O3S. The minimum atomic E-state index is -2.19. The summed E-state index contributed by atoms with van der Waals surface area (Å²) in [4.78, 5) is 8.98. The van der Waals surface area contributed by atoms with E-state index in [1.165, 1.54) is 6.33 Å². The van der Waals surface area contributed by atoms with Crippen LogP contribution in [0.4, 0.5) is 17.2 Å². The van der Waals surface area contributed by atoms with Crippen molar-refractivity contribution in [2.24, 2.45) is 4.36 Å². The first kappa shape index (κ1) is 21.4. The average Bonchev–Trinajstić information content (AvgIpc) is 3.20. The molecule has 0 amide bonds. The summed E-state index contributed by atoms with van der Waals surface area (Å²) in [6, 6.07) is 5.72. The van der Waals surface area contributed by atoms with E-state index in [1.54, 1.807) is 13.3 Å². The first-order valence-electron chi connectivity index (χ1n) is 10.8. The van der Waals surface area contributed by atoms with Crippen LogP contribution in [0.3, 0.4) is 0 Å². The second-order valence-electron chi connectivity index (χ2n) is 8.39. The van der Waals surface area contributed by atoms with Gasteiger partial charge in [-0.15, -0.1) is 0 Å². The number of nitrogens with one attached hydrogen (secondary N) is 2. The fraction of sp³-hybridized carbons (Fsp3) is 0.348. The van der Waals surface area contributed by atoms with Crippen molar-refractivity contribution < 1.29 is 13.7 Å². The number of aromatic nitrogens is 4. The number of hydrogen-bond donors (Lipinski definition) is 2. The summed E-state index contributed by atoms with van der Waals surface area (Å²) in [5.74, 6) is 3.13. The Labute approximate surface area is 192 Å². The predicted molar refractivity (Wildman–Crippen MR) is 131 cm³/mol. The lowest BCUT2D eigenvalue weighted by atomic mass is 10.1. The maximum absolute atomic E-state index is 12.8. The zero-order valence-electron chi connectivity index (χ0n) is 19.0. The summed E-state index contributed by atoms with van der Waals surface area (Å²) in [5, 5.41) is 12.3. The fourth-order valence-corrected chi connectivity index (χ4v) is 5.47. The molecule has 2 N–H and O–H groups in total. The molecule has 5 rings (SSSR count). The van der Waals surface area contributed by atoms with Gasteiger partial charge in [0.15, 0.2) is 0 Å². The number of nitrogens with zero attached hydrogens (tertiary/aromatic N) is 4. The van der Waals surface area contributed by atoms with E-state index in [1.807, 2.05) is 39.0 Å². The second kappa shape index (κ2) is 8.18. The summed E-state index contributed by atoms with van der Waals surface area (Å²) >= 11 is 0. The average molecular weight is 467 g/mol. The second-order valence-corrected chi connectivity index (χ2v) is 10.9. The highest BCUT2D eigenvalue weighted by molar-refractivity contribution is 7.95. The third-order valence-corrected chi connectivity index (χ3v) is 8.03. The number of H-pyrrole nitrogens is 1. The Morgan fingerprint density at radius 2 is 2.03 bits per heavy atom. The number of aromatic amines is 1. The predicted octanol–water partition coefficient (Wildman–Crippen LogP) is 4.86. The smallest absolute Gasteiger partial charge is 0.149 e. The van der Waals surface area contributed by atoms with Crippen molar-refractivity contribution in [2.75, 3.05) is 23.9 Å². The van der Waals surface area contributed by atoms with Gasteiger partial charge in [-0.2, -0.15) is 9.46 Å². The number of aryl methyl sites for hydroxylation is 1. The summed E-state index contributed by atoms with van der Waals surface area (Å²) in [5.41, 5.74) is 3.75. The van der Waals surface area contributed by atoms with Crippen molar-refractivity contribution in [1.82, 2.24) is 20.2 Å². The Kier molecular flexibility index (Phi) is 5.32. The first-order valence-corrected chi connectivity index (χ1v) is 12.7. The van der Waals surface area contributed by atoms with Gasteiger partial charge in [-0.3, -0.25) is 5.10 Å². The molecular weight excluding hydrogens is 440 g/mol. The van der Waals surface area contributed by atoms with Gasteiger partial charge in [0.25, 0.3) is 0 Å². The Balaban J connectivity index is 1.65. The van der Waals surface area contributed by atoms with Crippen molar-refractivity contribution in [3.05, 3.63) is 36.3 Å². The van der Waals surface area contributed by atoms with Crippen LogP contribution in [0.1, 0.15) is 25.8 Å². The highest BCUT2D eigenvalue weighted by Crippen LogP contribution is 2.41. The summed E-state index contributed by atoms with van der Waals surface area (Å²) < 4.78 is 29.1. The zero-order chi connectivity index (χ0) is 23.2. The van der Waals surface area contributed by atoms with Gasteiger partial charge in [-0.25, -0.2) is 14.2 Å². The Morgan fingerprint density at radius 1 is 1.21 bits per heavy atom. The van der Waals surface area contributed by atoms with E-state index in [2.05, 4.69) is 29.8 Å². The van der Waals surface area contributed by atoms with Gasteiger partial charge in [0.2, 0.25) is 0 Å². The molecule has 1 aliphatic rings. The van der Waals surface area contributed by atoms with Gasteiger partial charge < -0.3 is 14.8 Å². The molecule has 0 unspecified atom stereocenters. The molecule has 33 heavy (non-hydrogen) atoms. The maximum Gasteiger partial charge on any atom is 0.149 e. The minimum Gasteiger partial charge on any atom is -0.494 e. The van der Waals surface area contributed by atoms with Crippen molar-refractivity contribution in [2.45, 2.75) is 33.3 Å². The molecule has 10 heteroatoms. The molecule has 0 atom stereocenters. The lowest BCUT2D eigenvalue weighted by Gasteiger charge is -2.20. The van der Waals surface area contributed by atoms with Gasteiger partial charge in [0.05, 0.1) is 45.9 Å². The van der Waals surface area contributed by atoms with E-state index < -0.39 is 9.73 Å². The van der Waals surface area contributed by atoms with E-state index >= 15 is 0 Å². The molecule has 0 bridgehead atoms. The van der Waals surface area contributed by atoms with Crippen LogP contribution in [-0.4, -0.2) is 49.1 Å². The highest BCUT2D eigenvalue weighted by atomic mass is 32.2. The zero-order valence-corrected chi connectivity index (χ0v) is 19.8. The standard InChI is InChI=1S/C23H26N6O3S/c1-13(2)32-20-10-16-15(11-26-28-16)8-17(20)27-23-21-14(3)22(31-4)19(9-18(21)24-12-25-23)29-33(30)6-5-7-33/h8-13H,5-7H2,1-4H3,(H,26,28)(H,24,25,27).